The summed E-state index contributed by atoms with van der Waals surface area (Å²) in [7, 11) is 0. The molecular weight excluding hydrogens is 335 g/mol. The summed E-state index contributed by atoms with van der Waals surface area (Å²) in [6.45, 7) is 3.83. The number of hydrogen-bond donors (Lipinski definition) is 2. The van der Waals surface area contributed by atoms with Crippen molar-refractivity contribution >= 4 is 51.4 Å². The Morgan fingerprint density at radius 3 is 2.67 bits per heavy atom. The first-order chi connectivity index (χ1) is 9.92. The molecule has 0 aliphatic rings. The molecule has 2 heterocycles. The second-order valence-corrected chi connectivity index (χ2v) is 6.16. The van der Waals surface area contributed by atoms with Crippen molar-refractivity contribution in [2.45, 2.75) is 13.8 Å². The Labute approximate surface area is 135 Å². The number of carbonyl (C=O) groups is 2. The molecule has 2 rings (SSSR count). The number of nitrogens with one attached hydrogen (secondary N) is 2. The van der Waals surface area contributed by atoms with Crippen molar-refractivity contribution in [1.82, 2.24) is 4.98 Å². The number of ether oxygens (including phenoxy) is 1. The molecule has 0 fully saturated rings. The van der Waals surface area contributed by atoms with E-state index in [4.69, 9.17) is 27.9 Å². The van der Waals surface area contributed by atoms with Crippen molar-refractivity contribution in [3.8, 4) is 0 Å². The Hall–Kier alpha value is -1.50. The van der Waals surface area contributed by atoms with Gasteiger partial charge in [-0.1, -0.05) is 23.2 Å². The van der Waals surface area contributed by atoms with E-state index < -0.39 is 11.9 Å². The van der Waals surface area contributed by atoms with Gasteiger partial charge < -0.3 is 15.0 Å². The lowest BCUT2D eigenvalue weighted by atomic mass is 10.3. The normalized spacial score (nSPS) is 10.5. The molecule has 8 heteroatoms. The monoisotopic (exact) mass is 346 g/mol. The highest BCUT2D eigenvalue weighted by atomic mass is 35.5. The smallest absolute Gasteiger partial charge is 0.341 e. The minimum absolute atomic E-state index is 0.190. The number of esters is 1. The van der Waals surface area contributed by atoms with Gasteiger partial charge in [0.2, 0.25) is 0 Å². The number of thiophene rings is 1. The van der Waals surface area contributed by atoms with E-state index in [-0.39, 0.29) is 22.5 Å². The van der Waals surface area contributed by atoms with Crippen molar-refractivity contribution < 1.29 is 14.3 Å². The third kappa shape index (κ3) is 3.58. The van der Waals surface area contributed by atoms with Crippen LogP contribution >= 0.6 is 34.5 Å². The van der Waals surface area contributed by atoms with Gasteiger partial charge >= 0.3 is 5.97 Å². The molecular formula is C13H12Cl2N2O3S. The first-order valence-corrected chi connectivity index (χ1v) is 7.62. The molecule has 0 aliphatic heterocycles. The maximum absolute atomic E-state index is 12.1. The van der Waals surface area contributed by atoms with Crippen LogP contribution in [0.15, 0.2) is 12.1 Å². The molecule has 0 unspecified atom stereocenters. The van der Waals surface area contributed by atoms with Crippen LogP contribution in [0.5, 0.6) is 0 Å². The molecule has 21 heavy (non-hydrogen) atoms. The van der Waals surface area contributed by atoms with E-state index in [1.54, 1.807) is 13.0 Å². The van der Waals surface area contributed by atoms with Gasteiger partial charge in [-0.25, -0.2) is 4.79 Å². The van der Waals surface area contributed by atoms with Gasteiger partial charge in [0.05, 0.1) is 17.2 Å². The van der Waals surface area contributed by atoms with E-state index >= 15 is 0 Å². The number of aromatic amines is 1. The Bertz CT molecular complexity index is 674. The standard InChI is InChI=1S/C13H12Cl2N2O3S/c1-3-20-13(19)7-4-6(2)21-12(7)17-11(18)9-5-8(14)10(15)16-9/h4-5,16H,3H2,1-2H3,(H,17,18). The van der Waals surface area contributed by atoms with Crippen LogP contribution in [0, 0.1) is 6.92 Å². The molecule has 0 radical (unpaired) electrons. The summed E-state index contributed by atoms with van der Waals surface area (Å²) in [5.41, 5.74) is 0.544. The van der Waals surface area contributed by atoms with Gasteiger partial charge in [-0.2, -0.15) is 0 Å². The van der Waals surface area contributed by atoms with Crippen LogP contribution in [-0.2, 0) is 4.74 Å². The van der Waals surface area contributed by atoms with Crippen molar-refractivity contribution in [1.29, 1.82) is 0 Å². The van der Waals surface area contributed by atoms with E-state index in [1.807, 2.05) is 6.92 Å². The predicted molar refractivity (Wildman–Crippen MR) is 83.8 cm³/mol. The summed E-state index contributed by atoms with van der Waals surface area (Å²) in [4.78, 5) is 27.5. The average Bonchev–Trinajstić information content (AvgIpc) is 2.94. The largest absolute Gasteiger partial charge is 0.462 e. The quantitative estimate of drug-likeness (QED) is 0.818. The zero-order valence-corrected chi connectivity index (χ0v) is 13.6. The maximum atomic E-state index is 12.1. The van der Waals surface area contributed by atoms with Crippen LogP contribution in [0.25, 0.3) is 0 Å². The molecule has 2 aromatic rings. The Kier molecular flexibility index (Phi) is 4.92. The van der Waals surface area contributed by atoms with Gasteiger partial charge in [0.25, 0.3) is 5.91 Å². The lowest BCUT2D eigenvalue weighted by Gasteiger charge is -2.04. The first-order valence-electron chi connectivity index (χ1n) is 6.05. The summed E-state index contributed by atoms with van der Waals surface area (Å²) < 4.78 is 4.96. The third-order valence-electron chi connectivity index (χ3n) is 2.55. The molecule has 0 bridgehead atoms. The summed E-state index contributed by atoms with van der Waals surface area (Å²) in [5, 5.41) is 3.53. The Morgan fingerprint density at radius 1 is 1.38 bits per heavy atom. The van der Waals surface area contributed by atoms with Crippen LogP contribution < -0.4 is 5.32 Å². The van der Waals surface area contributed by atoms with Gasteiger partial charge in [0, 0.05) is 4.88 Å². The number of amides is 1. The molecule has 0 spiro atoms. The molecule has 0 saturated heterocycles. The molecule has 0 atom stereocenters. The first kappa shape index (κ1) is 15.9. The topological polar surface area (TPSA) is 71.2 Å². The second-order valence-electron chi connectivity index (χ2n) is 4.12. The number of hydrogen-bond acceptors (Lipinski definition) is 4. The summed E-state index contributed by atoms with van der Waals surface area (Å²) in [5.74, 6) is -0.907. The highest BCUT2D eigenvalue weighted by Gasteiger charge is 2.19. The van der Waals surface area contributed by atoms with Crippen molar-refractivity contribution in [2.24, 2.45) is 0 Å². The van der Waals surface area contributed by atoms with Crippen LogP contribution in [0.1, 0.15) is 32.6 Å². The fourth-order valence-corrected chi connectivity index (χ4v) is 2.87. The Balaban J connectivity index is 2.23. The number of H-pyrrole nitrogens is 1. The van der Waals surface area contributed by atoms with Crippen molar-refractivity contribution in [3.05, 3.63) is 38.4 Å². The SMILES string of the molecule is CCOC(=O)c1cc(C)sc1NC(=O)c1cc(Cl)c(Cl)[nH]1. The molecule has 5 nitrogen and oxygen atoms in total. The number of aromatic nitrogens is 1. The summed E-state index contributed by atoms with van der Waals surface area (Å²) >= 11 is 12.8. The van der Waals surface area contributed by atoms with E-state index in [9.17, 15) is 9.59 Å². The van der Waals surface area contributed by atoms with Crippen LogP contribution in [0.3, 0.4) is 0 Å². The van der Waals surface area contributed by atoms with Gasteiger partial charge in [-0.3, -0.25) is 4.79 Å². The fourth-order valence-electron chi connectivity index (χ4n) is 1.66. The lowest BCUT2D eigenvalue weighted by Crippen LogP contribution is -2.14. The zero-order chi connectivity index (χ0) is 15.6. The van der Waals surface area contributed by atoms with Gasteiger partial charge in [-0.05, 0) is 26.0 Å². The zero-order valence-electron chi connectivity index (χ0n) is 11.3. The third-order valence-corrected chi connectivity index (χ3v) is 4.21. The summed E-state index contributed by atoms with van der Waals surface area (Å²) in [6, 6.07) is 3.09. The average molecular weight is 347 g/mol. The number of carbonyl (C=O) groups excluding carboxylic acids is 2. The van der Waals surface area contributed by atoms with Gasteiger partial charge in [0.1, 0.15) is 15.8 Å². The number of halogens is 2. The van der Waals surface area contributed by atoms with Gasteiger partial charge in [-0.15, -0.1) is 11.3 Å². The van der Waals surface area contributed by atoms with Crippen LogP contribution in [-0.4, -0.2) is 23.5 Å². The van der Waals surface area contributed by atoms with Crippen LogP contribution in [0.4, 0.5) is 5.00 Å². The predicted octanol–water partition coefficient (Wildman–Crippen LogP) is 4.12. The molecule has 0 aliphatic carbocycles. The lowest BCUT2D eigenvalue weighted by molar-refractivity contribution is 0.0528. The minimum atomic E-state index is -0.472. The highest BCUT2D eigenvalue weighted by molar-refractivity contribution is 7.16. The molecule has 2 N–H and O–H groups in total. The van der Waals surface area contributed by atoms with E-state index in [0.717, 1.165) is 4.88 Å². The number of aryl methyl sites for hydroxylation is 1. The second kappa shape index (κ2) is 6.51. The molecule has 112 valence electrons. The van der Waals surface area contributed by atoms with E-state index in [1.165, 1.54) is 17.4 Å². The number of anilines is 1. The van der Waals surface area contributed by atoms with Crippen LogP contribution in [0.2, 0.25) is 10.2 Å². The summed E-state index contributed by atoms with van der Waals surface area (Å²) in [6.07, 6.45) is 0. The highest BCUT2D eigenvalue weighted by Crippen LogP contribution is 2.29. The Morgan fingerprint density at radius 2 is 2.10 bits per heavy atom. The molecule has 0 saturated carbocycles. The van der Waals surface area contributed by atoms with Crippen molar-refractivity contribution in [3.63, 3.8) is 0 Å². The van der Waals surface area contributed by atoms with E-state index in [0.29, 0.717) is 10.6 Å². The maximum Gasteiger partial charge on any atom is 0.341 e. The van der Waals surface area contributed by atoms with E-state index in [2.05, 4.69) is 10.3 Å². The molecule has 2 aromatic heterocycles. The number of rotatable bonds is 4. The molecule has 0 aromatic carbocycles. The molecule has 1 amide bonds. The fraction of sp³-hybridized carbons (Fsp3) is 0.231. The minimum Gasteiger partial charge on any atom is -0.462 e. The van der Waals surface area contributed by atoms with Crippen molar-refractivity contribution in [2.75, 3.05) is 11.9 Å². The van der Waals surface area contributed by atoms with Gasteiger partial charge in [0.15, 0.2) is 0 Å².